The molecular weight excluding hydrogens is 274 g/mol. The molecule has 1 rings (SSSR count). The van der Waals surface area contributed by atoms with Crippen LogP contribution in [-0.4, -0.2) is 63.8 Å². The molecule has 122 valence electrons. The van der Waals surface area contributed by atoms with Crippen molar-refractivity contribution < 1.29 is 24.9 Å². The van der Waals surface area contributed by atoms with Crippen LogP contribution in [-0.2, 0) is 9.53 Å². The van der Waals surface area contributed by atoms with Crippen LogP contribution in [0.2, 0.25) is 0 Å². The summed E-state index contributed by atoms with van der Waals surface area (Å²) in [4.78, 5) is 13.5. The van der Waals surface area contributed by atoms with E-state index in [1.807, 2.05) is 6.08 Å². The second kappa shape index (κ2) is 9.15. The lowest BCUT2D eigenvalue weighted by Gasteiger charge is -2.41. The van der Waals surface area contributed by atoms with E-state index in [0.29, 0.717) is 19.4 Å². The zero-order valence-corrected chi connectivity index (χ0v) is 12.8. The Bertz CT molecular complexity index is 347. The molecule has 1 amide bonds. The number of allylic oxidation sites excluding steroid dienone is 1. The molecule has 1 aliphatic heterocycles. The number of rotatable bonds is 7. The minimum absolute atomic E-state index is 0.0952. The third kappa shape index (κ3) is 5.07. The van der Waals surface area contributed by atoms with Crippen molar-refractivity contribution in [2.45, 2.75) is 64.1 Å². The first-order valence-corrected chi connectivity index (χ1v) is 7.63. The topological polar surface area (TPSA) is 90.2 Å². The first kappa shape index (κ1) is 18.1. The van der Waals surface area contributed by atoms with Crippen LogP contribution in [0.25, 0.3) is 0 Å². The molecule has 4 atom stereocenters. The predicted molar refractivity (Wildman–Crippen MR) is 78.4 cm³/mol. The molecule has 0 spiro atoms. The van der Waals surface area contributed by atoms with Gasteiger partial charge < -0.3 is 25.0 Å². The van der Waals surface area contributed by atoms with Crippen LogP contribution in [0.5, 0.6) is 0 Å². The fourth-order valence-corrected chi connectivity index (χ4v) is 2.28. The van der Waals surface area contributed by atoms with Gasteiger partial charge in [-0.15, -0.1) is 0 Å². The average molecular weight is 301 g/mol. The molecular formula is C15H27NO5. The molecule has 0 aromatic heterocycles. The van der Waals surface area contributed by atoms with Gasteiger partial charge in [0, 0.05) is 13.0 Å². The van der Waals surface area contributed by atoms with E-state index in [4.69, 9.17) is 4.74 Å². The van der Waals surface area contributed by atoms with Crippen LogP contribution in [0.3, 0.4) is 0 Å². The van der Waals surface area contributed by atoms with Gasteiger partial charge in [-0.1, -0.05) is 32.4 Å². The summed E-state index contributed by atoms with van der Waals surface area (Å²) < 4.78 is 5.36. The summed E-state index contributed by atoms with van der Waals surface area (Å²) in [5, 5.41) is 29.2. The van der Waals surface area contributed by atoms with Gasteiger partial charge in [-0.25, -0.2) is 0 Å². The van der Waals surface area contributed by atoms with E-state index in [-0.39, 0.29) is 12.5 Å². The maximum atomic E-state index is 12.0. The minimum atomic E-state index is -1.30. The summed E-state index contributed by atoms with van der Waals surface area (Å²) in [5.74, 6) is -0.147. The van der Waals surface area contributed by atoms with E-state index in [9.17, 15) is 20.1 Å². The molecule has 6 nitrogen and oxygen atoms in total. The second-order valence-corrected chi connectivity index (χ2v) is 5.26. The Balaban J connectivity index is 2.66. The van der Waals surface area contributed by atoms with Gasteiger partial charge in [-0.3, -0.25) is 4.79 Å². The SMILES string of the molecule is CCC/C=C\CCN(C(=O)CC)C1OCC(O)C(O)C1O. The summed E-state index contributed by atoms with van der Waals surface area (Å²) in [6.07, 6.45) is 2.45. The Kier molecular flexibility index (Phi) is 7.88. The zero-order chi connectivity index (χ0) is 15.8. The van der Waals surface area contributed by atoms with Gasteiger partial charge in [0.15, 0.2) is 6.23 Å². The van der Waals surface area contributed by atoms with Crippen molar-refractivity contribution in [3.63, 3.8) is 0 Å². The average Bonchev–Trinajstić information content (AvgIpc) is 2.49. The molecule has 1 heterocycles. The van der Waals surface area contributed by atoms with Crippen molar-refractivity contribution in [1.29, 1.82) is 0 Å². The summed E-state index contributed by atoms with van der Waals surface area (Å²) >= 11 is 0. The minimum Gasteiger partial charge on any atom is -0.388 e. The quantitative estimate of drug-likeness (QED) is 0.593. The molecule has 0 aromatic carbocycles. The van der Waals surface area contributed by atoms with Crippen LogP contribution in [0.4, 0.5) is 0 Å². The maximum Gasteiger partial charge on any atom is 0.224 e. The molecule has 1 fully saturated rings. The highest BCUT2D eigenvalue weighted by Crippen LogP contribution is 2.20. The molecule has 3 N–H and O–H groups in total. The Labute approximate surface area is 126 Å². The van der Waals surface area contributed by atoms with Crippen molar-refractivity contribution in [3.05, 3.63) is 12.2 Å². The van der Waals surface area contributed by atoms with Crippen molar-refractivity contribution in [1.82, 2.24) is 4.90 Å². The summed E-state index contributed by atoms with van der Waals surface area (Å²) in [5.41, 5.74) is 0. The monoisotopic (exact) mass is 301 g/mol. The van der Waals surface area contributed by atoms with Gasteiger partial charge in [-0.2, -0.15) is 0 Å². The molecule has 0 bridgehead atoms. The Morgan fingerprint density at radius 1 is 1.19 bits per heavy atom. The number of carbonyl (C=O) groups excluding carboxylic acids is 1. The number of aliphatic hydroxyl groups is 3. The van der Waals surface area contributed by atoms with Crippen molar-refractivity contribution in [2.75, 3.05) is 13.2 Å². The predicted octanol–water partition coefficient (Wildman–Crippen LogP) is 0.410. The van der Waals surface area contributed by atoms with Gasteiger partial charge in [0.05, 0.1) is 6.61 Å². The fraction of sp³-hybridized carbons (Fsp3) is 0.800. The van der Waals surface area contributed by atoms with E-state index < -0.39 is 24.5 Å². The molecule has 21 heavy (non-hydrogen) atoms. The van der Waals surface area contributed by atoms with Gasteiger partial charge in [-0.05, 0) is 12.8 Å². The summed E-state index contributed by atoms with van der Waals surface area (Å²) in [6, 6.07) is 0. The van der Waals surface area contributed by atoms with E-state index in [1.54, 1.807) is 6.92 Å². The standard InChI is InChI=1S/C15H27NO5/c1-3-5-6-7-8-9-16(12(18)4-2)15-14(20)13(19)11(17)10-21-15/h6-7,11,13-15,17,19-20H,3-5,8-10H2,1-2H3/b7-6-. The van der Waals surface area contributed by atoms with Gasteiger partial charge in [0.2, 0.25) is 5.91 Å². The lowest BCUT2D eigenvalue weighted by molar-refractivity contribution is -0.227. The summed E-state index contributed by atoms with van der Waals surface area (Å²) in [6.45, 7) is 4.15. The van der Waals surface area contributed by atoms with Crippen LogP contribution < -0.4 is 0 Å². The lowest BCUT2D eigenvalue weighted by atomic mass is 10.0. The van der Waals surface area contributed by atoms with Crippen LogP contribution in [0, 0.1) is 0 Å². The fourth-order valence-electron chi connectivity index (χ4n) is 2.28. The van der Waals surface area contributed by atoms with E-state index in [1.165, 1.54) is 4.90 Å². The Morgan fingerprint density at radius 2 is 1.86 bits per heavy atom. The normalized spacial score (nSPS) is 29.8. The van der Waals surface area contributed by atoms with Crippen LogP contribution >= 0.6 is 0 Å². The number of unbranched alkanes of at least 4 members (excludes halogenated alkanes) is 1. The molecule has 0 aliphatic carbocycles. The van der Waals surface area contributed by atoms with Gasteiger partial charge >= 0.3 is 0 Å². The van der Waals surface area contributed by atoms with Crippen molar-refractivity contribution >= 4 is 5.91 Å². The first-order valence-electron chi connectivity index (χ1n) is 7.63. The molecule has 0 radical (unpaired) electrons. The van der Waals surface area contributed by atoms with Crippen LogP contribution in [0.15, 0.2) is 12.2 Å². The zero-order valence-electron chi connectivity index (χ0n) is 12.8. The second-order valence-electron chi connectivity index (χ2n) is 5.26. The maximum absolute atomic E-state index is 12.0. The molecule has 6 heteroatoms. The number of amides is 1. The molecule has 4 unspecified atom stereocenters. The lowest BCUT2D eigenvalue weighted by Crippen LogP contribution is -2.60. The van der Waals surface area contributed by atoms with Gasteiger partial charge in [0.1, 0.15) is 18.3 Å². The molecule has 1 saturated heterocycles. The smallest absolute Gasteiger partial charge is 0.224 e. The Hall–Kier alpha value is -0.950. The molecule has 0 aromatic rings. The number of nitrogens with zero attached hydrogens (tertiary/aromatic N) is 1. The van der Waals surface area contributed by atoms with E-state index in [0.717, 1.165) is 12.8 Å². The van der Waals surface area contributed by atoms with Crippen molar-refractivity contribution in [2.24, 2.45) is 0 Å². The highest BCUT2D eigenvalue weighted by molar-refractivity contribution is 5.76. The number of carbonyl (C=O) groups is 1. The Morgan fingerprint density at radius 3 is 2.48 bits per heavy atom. The number of ether oxygens (including phenoxy) is 1. The highest BCUT2D eigenvalue weighted by Gasteiger charge is 2.41. The third-order valence-electron chi connectivity index (χ3n) is 3.56. The van der Waals surface area contributed by atoms with Crippen LogP contribution in [0.1, 0.15) is 39.5 Å². The number of hydrogen-bond acceptors (Lipinski definition) is 5. The number of aliphatic hydroxyl groups excluding tert-OH is 3. The first-order chi connectivity index (χ1) is 10.0. The third-order valence-corrected chi connectivity index (χ3v) is 3.56. The molecule has 0 saturated carbocycles. The molecule has 1 aliphatic rings. The summed E-state index contributed by atoms with van der Waals surface area (Å²) in [7, 11) is 0. The van der Waals surface area contributed by atoms with Crippen molar-refractivity contribution in [3.8, 4) is 0 Å². The van der Waals surface area contributed by atoms with Gasteiger partial charge in [0.25, 0.3) is 0 Å². The number of hydrogen-bond donors (Lipinski definition) is 3. The van der Waals surface area contributed by atoms with E-state index >= 15 is 0 Å². The highest BCUT2D eigenvalue weighted by atomic mass is 16.5. The van der Waals surface area contributed by atoms with E-state index in [2.05, 4.69) is 13.0 Å². The largest absolute Gasteiger partial charge is 0.388 e.